The van der Waals surface area contributed by atoms with Crippen LogP contribution in [0.25, 0.3) is 5.65 Å². The Bertz CT molecular complexity index is 1370. The molecule has 2 aliphatic rings. The molecule has 5 heterocycles. The van der Waals surface area contributed by atoms with Crippen molar-refractivity contribution in [3.05, 3.63) is 77.3 Å². The number of nitrogens with zero attached hydrogens (tertiary/aromatic N) is 5. The van der Waals surface area contributed by atoms with E-state index in [0.29, 0.717) is 11.6 Å². The molecule has 1 fully saturated rings. The summed E-state index contributed by atoms with van der Waals surface area (Å²) in [6, 6.07) is 5.72. The summed E-state index contributed by atoms with van der Waals surface area (Å²) in [7, 11) is 1.39. The summed E-state index contributed by atoms with van der Waals surface area (Å²) >= 11 is 0. The molecule has 6 rings (SSSR count). The molecule has 1 N–H and O–H groups in total. The largest absolute Gasteiger partial charge is 0.494 e. The molecule has 1 unspecified atom stereocenters. The van der Waals surface area contributed by atoms with Crippen LogP contribution in [0.4, 0.5) is 4.39 Å². The number of aromatic nitrogens is 5. The average molecular weight is 446 g/mol. The second kappa shape index (κ2) is 7.68. The normalized spacial score (nSPS) is 17.3. The highest BCUT2D eigenvalue weighted by molar-refractivity contribution is 5.92. The van der Waals surface area contributed by atoms with Gasteiger partial charge in [-0.15, -0.1) is 0 Å². The minimum Gasteiger partial charge on any atom is -0.494 e. The lowest BCUT2D eigenvalue weighted by Gasteiger charge is -2.09. The van der Waals surface area contributed by atoms with E-state index in [-0.39, 0.29) is 29.9 Å². The minimum absolute atomic E-state index is 0.0378. The van der Waals surface area contributed by atoms with E-state index in [2.05, 4.69) is 44.2 Å². The molecule has 8 nitrogen and oxygen atoms in total. The number of carbonyl (C=O) groups excluding carboxylic acids is 1. The number of methoxy groups -OCH3 is 1. The molecule has 33 heavy (non-hydrogen) atoms. The fourth-order valence-electron chi connectivity index (χ4n) is 4.54. The number of amides is 1. The first-order chi connectivity index (χ1) is 16.1. The van der Waals surface area contributed by atoms with Crippen LogP contribution in [0.2, 0.25) is 0 Å². The van der Waals surface area contributed by atoms with Crippen LogP contribution in [0, 0.1) is 5.82 Å². The molecule has 168 valence electrons. The van der Waals surface area contributed by atoms with Crippen molar-refractivity contribution in [3.63, 3.8) is 0 Å². The number of hydrogen-bond donors (Lipinski definition) is 1. The van der Waals surface area contributed by atoms with E-state index >= 15 is 0 Å². The van der Waals surface area contributed by atoms with Crippen LogP contribution in [0.15, 0.2) is 43.0 Å². The number of nitrogens with one attached hydrogen (secondary N) is 1. The van der Waals surface area contributed by atoms with Crippen LogP contribution in [-0.4, -0.2) is 36.9 Å². The Hall–Kier alpha value is -3.75. The molecule has 0 bridgehead atoms. The van der Waals surface area contributed by atoms with E-state index in [1.54, 1.807) is 6.20 Å². The minimum atomic E-state index is -0.579. The Labute approximate surface area is 189 Å². The molecule has 0 saturated heterocycles. The van der Waals surface area contributed by atoms with Gasteiger partial charge in [0.05, 0.1) is 31.1 Å². The first kappa shape index (κ1) is 19.9. The predicted molar refractivity (Wildman–Crippen MR) is 118 cm³/mol. The first-order valence-corrected chi connectivity index (χ1v) is 11.1. The molecule has 1 aliphatic carbocycles. The maximum atomic E-state index is 14.3. The van der Waals surface area contributed by atoms with Crippen molar-refractivity contribution < 1.29 is 13.9 Å². The van der Waals surface area contributed by atoms with Crippen molar-refractivity contribution in [2.24, 2.45) is 0 Å². The van der Waals surface area contributed by atoms with Gasteiger partial charge in [-0.25, -0.2) is 14.4 Å². The van der Waals surface area contributed by atoms with E-state index in [9.17, 15) is 9.18 Å². The van der Waals surface area contributed by atoms with Crippen LogP contribution in [0.1, 0.15) is 64.5 Å². The Kier molecular flexibility index (Phi) is 4.63. The summed E-state index contributed by atoms with van der Waals surface area (Å²) in [5.41, 5.74) is 3.67. The van der Waals surface area contributed by atoms with Gasteiger partial charge in [0.1, 0.15) is 17.2 Å². The average Bonchev–Trinajstić information content (AvgIpc) is 3.27. The lowest BCUT2D eigenvalue weighted by Crippen LogP contribution is -2.24. The monoisotopic (exact) mass is 446 g/mol. The van der Waals surface area contributed by atoms with E-state index in [4.69, 9.17) is 9.72 Å². The predicted octanol–water partition coefficient (Wildman–Crippen LogP) is 3.42. The van der Waals surface area contributed by atoms with Gasteiger partial charge in [-0.2, -0.15) is 0 Å². The third kappa shape index (κ3) is 3.53. The highest BCUT2D eigenvalue weighted by Gasteiger charge is 2.29. The van der Waals surface area contributed by atoms with Gasteiger partial charge in [0.2, 0.25) is 0 Å². The van der Waals surface area contributed by atoms with Crippen molar-refractivity contribution in [1.82, 2.24) is 29.2 Å². The number of imidazole rings is 2. The summed E-state index contributed by atoms with van der Waals surface area (Å²) in [4.78, 5) is 26.0. The highest BCUT2D eigenvalue weighted by atomic mass is 19.1. The first-order valence-electron chi connectivity index (χ1n) is 11.1. The van der Waals surface area contributed by atoms with Crippen LogP contribution in [0.3, 0.4) is 0 Å². The Morgan fingerprint density at radius 1 is 1.18 bits per heavy atom. The van der Waals surface area contributed by atoms with Gasteiger partial charge in [0.25, 0.3) is 5.91 Å². The number of hydrogen-bond acceptors (Lipinski definition) is 5. The topological polar surface area (TPSA) is 86.3 Å². The zero-order valence-corrected chi connectivity index (χ0v) is 18.2. The van der Waals surface area contributed by atoms with E-state index in [1.807, 2.05) is 4.57 Å². The lowest BCUT2D eigenvalue weighted by atomic mass is 10.1. The molecule has 4 aromatic rings. The smallest absolute Gasteiger partial charge is 0.271 e. The maximum absolute atomic E-state index is 14.3. The van der Waals surface area contributed by atoms with Crippen LogP contribution in [0.5, 0.6) is 5.75 Å². The second-order valence-electron chi connectivity index (χ2n) is 8.63. The summed E-state index contributed by atoms with van der Waals surface area (Å²) in [5, 5.41) is 2.70. The number of halogens is 1. The molecular formula is C24H23FN6O2. The summed E-state index contributed by atoms with van der Waals surface area (Å²) < 4.78 is 23.4. The van der Waals surface area contributed by atoms with E-state index in [0.717, 1.165) is 30.0 Å². The number of rotatable bonds is 6. The van der Waals surface area contributed by atoms with Crippen LogP contribution < -0.4 is 10.1 Å². The summed E-state index contributed by atoms with van der Waals surface area (Å²) in [6.07, 6.45) is 11.7. The number of ether oxygens (including phenoxy) is 1. The molecule has 0 aromatic carbocycles. The van der Waals surface area contributed by atoms with Gasteiger partial charge >= 0.3 is 0 Å². The molecule has 9 heteroatoms. The molecular weight excluding hydrogens is 423 g/mol. The molecule has 0 radical (unpaired) electrons. The van der Waals surface area contributed by atoms with Gasteiger partial charge < -0.3 is 19.0 Å². The number of fused-ring (bicyclic) bond motifs is 2. The summed E-state index contributed by atoms with van der Waals surface area (Å²) in [5.74, 6) is 0.683. The molecule has 0 spiro atoms. The van der Waals surface area contributed by atoms with Gasteiger partial charge in [0, 0.05) is 37.3 Å². The van der Waals surface area contributed by atoms with Gasteiger partial charge in [0.15, 0.2) is 11.6 Å². The molecule has 1 aliphatic heterocycles. The Balaban J connectivity index is 1.20. The number of aryl methyl sites for hydroxylation is 1. The second-order valence-corrected chi connectivity index (χ2v) is 8.63. The zero-order chi connectivity index (χ0) is 22.5. The zero-order valence-electron chi connectivity index (χ0n) is 18.2. The van der Waals surface area contributed by atoms with Crippen molar-refractivity contribution in [2.45, 2.75) is 44.2 Å². The van der Waals surface area contributed by atoms with Crippen LogP contribution in [-0.2, 0) is 13.0 Å². The Morgan fingerprint density at radius 3 is 2.88 bits per heavy atom. The van der Waals surface area contributed by atoms with Crippen molar-refractivity contribution >= 4 is 11.6 Å². The summed E-state index contributed by atoms with van der Waals surface area (Å²) in [6.45, 7) is -0.0523. The SMILES string of the molecule is COc1ccnc(CNC(=O)c2cn3c(n2)CCC3c2cn3cc(C4CC4)ccc3n2)c1F. The third-order valence-corrected chi connectivity index (χ3v) is 6.46. The van der Waals surface area contributed by atoms with Gasteiger partial charge in [-0.1, -0.05) is 6.07 Å². The number of carbonyl (C=O) groups is 1. The standard InChI is InChI=1S/C24H23FN6O2/c1-33-20-8-9-26-16(23(20)25)10-27-24(32)18-13-31-19(5-7-22(31)29-18)17-12-30-11-15(14-2-3-14)4-6-21(30)28-17/h4,6,8-9,11-14,19H,2-3,5,7,10H2,1H3,(H,27,32). The molecule has 1 amide bonds. The lowest BCUT2D eigenvalue weighted by molar-refractivity contribution is 0.0945. The van der Waals surface area contributed by atoms with Gasteiger partial charge in [-0.3, -0.25) is 9.78 Å². The third-order valence-electron chi connectivity index (χ3n) is 6.46. The fourth-order valence-corrected chi connectivity index (χ4v) is 4.54. The fraction of sp³-hybridized carbons (Fsp3) is 0.333. The quantitative estimate of drug-likeness (QED) is 0.491. The van der Waals surface area contributed by atoms with Crippen LogP contribution >= 0.6 is 0 Å². The highest BCUT2D eigenvalue weighted by Crippen LogP contribution is 2.40. The molecule has 1 saturated carbocycles. The van der Waals surface area contributed by atoms with E-state index in [1.165, 1.54) is 37.8 Å². The number of pyridine rings is 2. The molecule has 4 aromatic heterocycles. The maximum Gasteiger partial charge on any atom is 0.271 e. The van der Waals surface area contributed by atoms with Gasteiger partial charge in [-0.05, 0) is 36.8 Å². The van der Waals surface area contributed by atoms with Crippen molar-refractivity contribution in [3.8, 4) is 5.75 Å². The van der Waals surface area contributed by atoms with Crippen molar-refractivity contribution in [1.29, 1.82) is 0 Å². The molecule has 1 atom stereocenters. The van der Waals surface area contributed by atoms with E-state index < -0.39 is 5.82 Å². The Morgan fingerprint density at radius 2 is 2.06 bits per heavy atom. The van der Waals surface area contributed by atoms with Crippen molar-refractivity contribution in [2.75, 3.05) is 7.11 Å².